The monoisotopic (exact) mass is 286 g/mol. The van der Waals surface area contributed by atoms with Gasteiger partial charge >= 0.3 is 5.97 Å². The Morgan fingerprint density at radius 3 is 2.71 bits per heavy atom. The van der Waals surface area contributed by atoms with Gasteiger partial charge < -0.3 is 9.84 Å². The van der Waals surface area contributed by atoms with Crippen LogP contribution >= 0.6 is 0 Å². The number of rotatable bonds is 4. The zero-order valence-electron chi connectivity index (χ0n) is 12.0. The third-order valence-electron chi connectivity index (χ3n) is 4.02. The second kappa shape index (κ2) is 5.60. The van der Waals surface area contributed by atoms with E-state index in [1.54, 1.807) is 13.3 Å². The van der Waals surface area contributed by atoms with Gasteiger partial charge in [-0.05, 0) is 25.0 Å². The van der Waals surface area contributed by atoms with E-state index in [0.717, 1.165) is 12.8 Å². The van der Waals surface area contributed by atoms with Crippen molar-refractivity contribution in [3.8, 4) is 17.0 Å². The molecule has 1 aliphatic rings. The summed E-state index contributed by atoms with van der Waals surface area (Å²) in [6.07, 6.45) is 6.13. The SMILES string of the molecule is COc1ccccc1-c1nn(C2CCCC2)cc1C(=O)O. The van der Waals surface area contributed by atoms with Crippen molar-refractivity contribution >= 4 is 5.97 Å². The highest BCUT2D eigenvalue weighted by atomic mass is 16.5. The van der Waals surface area contributed by atoms with Gasteiger partial charge in [0.25, 0.3) is 0 Å². The molecule has 0 saturated heterocycles. The lowest BCUT2D eigenvalue weighted by atomic mass is 10.1. The lowest BCUT2D eigenvalue weighted by Gasteiger charge is -2.09. The molecule has 0 spiro atoms. The van der Waals surface area contributed by atoms with Crippen molar-refractivity contribution in [2.45, 2.75) is 31.7 Å². The number of aromatic carboxylic acids is 1. The molecule has 1 fully saturated rings. The highest BCUT2D eigenvalue weighted by Gasteiger charge is 2.24. The van der Waals surface area contributed by atoms with Crippen molar-refractivity contribution in [1.82, 2.24) is 9.78 Å². The Balaban J connectivity index is 2.09. The maximum Gasteiger partial charge on any atom is 0.339 e. The summed E-state index contributed by atoms with van der Waals surface area (Å²) in [7, 11) is 1.58. The maximum absolute atomic E-state index is 11.5. The van der Waals surface area contributed by atoms with Crippen molar-refractivity contribution < 1.29 is 14.6 Å². The Morgan fingerprint density at radius 1 is 1.33 bits per heavy atom. The Morgan fingerprint density at radius 2 is 2.05 bits per heavy atom. The third kappa shape index (κ3) is 2.51. The first-order valence-electron chi connectivity index (χ1n) is 7.16. The van der Waals surface area contributed by atoms with Gasteiger partial charge in [0.1, 0.15) is 17.0 Å². The molecule has 1 N–H and O–H groups in total. The summed E-state index contributed by atoms with van der Waals surface area (Å²) in [5.74, 6) is -0.322. The molecule has 0 bridgehead atoms. The quantitative estimate of drug-likeness (QED) is 0.936. The predicted molar refractivity (Wildman–Crippen MR) is 78.7 cm³/mol. The summed E-state index contributed by atoms with van der Waals surface area (Å²) in [5, 5.41) is 14.0. The van der Waals surface area contributed by atoms with Crippen LogP contribution in [0.25, 0.3) is 11.3 Å². The van der Waals surface area contributed by atoms with E-state index in [2.05, 4.69) is 5.10 Å². The molecule has 3 rings (SSSR count). The number of hydrogen-bond donors (Lipinski definition) is 1. The number of carboxylic acid groups (broad SMARTS) is 1. The van der Waals surface area contributed by atoms with Gasteiger partial charge in [0, 0.05) is 11.8 Å². The first kappa shape index (κ1) is 13.7. The fourth-order valence-electron chi connectivity index (χ4n) is 2.94. The maximum atomic E-state index is 11.5. The minimum absolute atomic E-state index is 0.228. The molecule has 0 amide bonds. The van der Waals surface area contributed by atoms with Crippen molar-refractivity contribution in [1.29, 1.82) is 0 Å². The molecule has 21 heavy (non-hydrogen) atoms. The van der Waals surface area contributed by atoms with Crippen LogP contribution in [0.3, 0.4) is 0 Å². The zero-order chi connectivity index (χ0) is 14.8. The molecule has 0 atom stereocenters. The number of benzene rings is 1. The standard InChI is InChI=1S/C16H18N2O3/c1-21-14-9-5-4-8-12(14)15-13(16(19)20)10-18(17-15)11-6-2-3-7-11/h4-5,8-11H,2-3,6-7H2,1H3,(H,19,20). The highest BCUT2D eigenvalue weighted by Crippen LogP contribution is 2.34. The lowest BCUT2D eigenvalue weighted by Crippen LogP contribution is -2.05. The summed E-state index contributed by atoms with van der Waals surface area (Å²) < 4.78 is 7.14. The van der Waals surface area contributed by atoms with Gasteiger partial charge in [-0.3, -0.25) is 4.68 Å². The van der Waals surface area contributed by atoms with Crippen LogP contribution in [0.2, 0.25) is 0 Å². The fraction of sp³-hybridized carbons (Fsp3) is 0.375. The molecule has 0 unspecified atom stereocenters. The van der Waals surface area contributed by atoms with Gasteiger partial charge in [0.05, 0.1) is 13.2 Å². The van der Waals surface area contributed by atoms with Crippen LogP contribution in [0.15, 0.2) is 30.5 Å². The Hall–Kier alpha value is -2.30. The number of para-hydroxylation sites is 1. The van der Waals surface area contributed by atoms with E-state index in [1.807, 2.05) is 28.9 Å². The van der Waals surface area contributed by atoms with Crippen LogP contribution in [0, 0.1) is 0 Å². The van der Waals surface area contributed by atoms with E-state index in [0.29, 0.717) is 23.0 Å². The summed E-state index contributed by atoms with van der Waals surface area (Å²) >= 11 is 0. The number of nitrogens with zero attached hydrogens (tertiary/aromatic N) is 2. The van der Waals surface area contributed by atoms with Crippen LogP contribution in [0.4, 0.5) is 0 Å². The Labute approximate surface area is 123 Å². The molecule has 1 saturated carbocycles. The summed E-state index contributed by atoms with van der Waals surface area (Å²) in [5.41, 5.74) is 1.42. The number of carbonyl (C=O) groups is 1. The van der Waals surface area contributed by atoms with E-state index < -0.39 is 5.97 Å². The minimum atomic E-state index is -0.958. The van der Waals surface area contributed by atoms with Gasteiger partial charge in [-0.15, -0.1) is 0 Å². The predicted octanol–water partition coefficient (Wildman–Crippen LogP) is 3.37. The molecule has 2 aromatic rings. The largest absolute Gasteiger partial charge is 0.496 e. The first-order chi connectivity index (χ1) is 10.2. The van der Waals surface area contributed by atoms with Crippen molar-refractivity contribution in [3.63, 3.8) is 0 Å². The van der Waals surface area contributed by atoms with Crippen molar-refractivity contribution in [3.05, 3.63) is 36.0 Å². The lowest BCUT2D eigenvalue weighted by molar-refractivity contribution is 0.0697. The van der Waals surface area contributed by atoms with Crippen molar-refractivity contribution in [2.24, 2.45) is 0 Å². The summed E-state index contributed by atoms with van der Waals surface area (Å²) in [4.78, 5) is 11.5. The molecular weight excluding hydrogens is 268 g/mol. The van der Waals surface area contributed by atoms with Gasteiger partial charge in [-0.2, -0.15) is 5.10 Å². The minimum Gasteiger partial charge on any atom is -0.496 e. The molecule has 5 nitrogen and oxygen atoms in total. The number of methoxy groups -OCH3 is 1. The molecule has 0 aliphatic heterocycles. The van der Waals surface area contributed by atoms with Crippen LogP contribution in [-0.4, -0.2) is 28.0 Å². The molecule has 5 heteroatoms. The highest BCUT2D eigenvalue weighted by molar-refractivity contribution is 5.95. The Kier molecular flexibility index (Phi) is 3.64. The number of ether oxygens (including phenoxy) is 1. The average molecular weight is 286 g/mol. The van der Waals surface area contributed by atoms with E-state index >= 15 is 0 Å². The van der Waals surface area contributed by atoms with E-state index in [-0.39, 0.29) is 5.56 Å². The van der Waals surface area contributed by atoms with Crippen LogP contribution in [0.5, 0.6) is 5.75 Å². The average Bonchev–Trinajstić information content (AvgIpc) is 3.16. The van der Waals surface area contributed by atoms with Gasteiger partial charge in [-0.25, -0.2) is 4.79 Å². The second-order valence-electron chi connectivity index (χ2n) is 5.32. The fourth-order valence-corrected chi connectivity index (χ4v) is 2.94. The summed E-state index contributed by atoms with van der Waals surface area (Å²) in [6.45, 7) is 0. The second-order valence-corrected chi connectivity index (χ2v) is 5.32. The molecule has 1 aromatic carbocycles. The molecule has 110 valence electrons. The van der Waals surface area contributed by atoms with Gasteiger partial charge in [0.2, 0.25) is 0 Å². The number of carboxylic acids is 1. The zero-order valence-corrected chi connectivity index (χ0v) is 12.0. The van der Waals surface area contributed by atoms with Gasteiger partial charge in [-0.1, -0.05) is 25.0 Å². The molecular formula is C16H18N2O3. The van der Waals surface area contributed by atoms with E-state index in [4.69, 9.17) is 4.74 Å². The summed E-state index contributed by atoms with van der Waals surface area (Å²) in [6, 6.07) is 7.68. The van der Waals surface area contributed by atoms with Crippen LogP contribution < -0.4 is 4.74 Å². The van der Waals surface area contributed by atoms with E-state index in [9.17, 15) is 9.90 Å². The van der Waals surface area contributed by atoms with Crippen LogP contribution in [0.1, 0.15) is 42.1 Å². The number of aromatic nitrogens is 2. The normalized spacial score (nSPS) is 15.3. The third-order valence-corrected chi connectivity index (χ3v) is 4.02. The first-order valence-corrected chi connectivity index (χ1v) is 7.16. The van der Waals surface area contributed by atoms with Gasteiger partial charge in [0.15, 0.2) is 0 Å². The van der Waals surface area contributed by atoms with Crippen molar-refractivity contribution in [2.75, 3.05) is 7.11 Å². The molecule has 1 heterocycles. The topological polar surface area (TPSA) is 64.4 Å². The van der Waals surface area contributed by atoms with E-state index in [1.165, 1.54) is 12.8 Å². The van der Waals surface area contributed by atoms with Crippen LogP contribution in [-0.2, 0) is 0 Å². The smallest absolute Gasteiger partial charge is 0.339 e. The molecule has 1 aromatic heterocycles. The molecule has 1 aliphatic carbocycles. The molecule has 0 radical (unpaired) electrons. The Bertz CT molecular complexity index is 657. The number of hydrogen-bond acceptors (Lipinski definition) is 3.